The fourth-order valence-corrected chi connectivity index (χ4v) is 2.91. The first-order valence-corrected chi connectivity index (χ1v) is 8.16. The van der Waals surface area contributed by atoms with Crippen molar-refractivity contribution in [2.45, 2.75) is 24.8 Å². The van der Waals surface area contributed by atoms with E-state index in [0.717, 1.165) is 17.7 Å². The van der Waals surface area contributed by atoms with Gasteiger partial charge < -0.3 is 9.84 Å². The smallest absolute Gasteiger partial charge is 0.340 e. The summed E-state index contributed by atoms with van der Waals surface area (Å²) in [5.74, 6) is -0.507. The molecule has 7 heteroatoms. The highest BCUT2D eigenvalue weighted by Crippen LogP contribution is 2.30. The summed E-state index contributed by atoms with van der Waals surface area (Å²) in [5.41, 5.74) is 2.08. The first kappa shape index (κ1) is 17.1. The van der Waals surface area contributed by atoms with E-state index in [9.17, 15) is 14.7 Å². The molecule has 2 N–H and O–H groups in total. The highest BCUT2D eigenvalue weighted by atomic mass is 32.2. The lowest BCUT2D eigenvalue weighted by molar-refractivity contribution is -0.139. The number of hydrogen-bond acceptors (Lipinski definition) is 5. The minimum absolute atomic E-state index is 0.181. The Labute approximate surface area is 138 Å². The second-order valence-corrected chi connectivity index (χ2v) is 5.98. The fraction of sp³-hybridized carbons (Fsp3) is 0.312. The van der Waals surface area contributed by atoms with Crippen LogP contribution in [0.1, 0.15) is 29.3 Å². The van der Waals surface area contributed by atoms with Gasteiger partial charge in [-0.3, -0.25) is 9.89 Å². The van der Waals surface area contributed by atoms with Crippen LogP contribution in [0.25, 0.3) is 11.3 Å². The van der Waals surface area contributed by atoms with E-state index in [-0.39, 0.29) is 18.0 Å². The largest absolute Gasteiger partial charge is 0.478 e. The second kappa shape index (κ2) is 7.82. The van der Waals surface area contributed by atoms with Gasteiger partial charge in [0.05, 0.1) is 13.5 Å². The Morgan fingerprint density at radius 1 is 1.30 bits per heavy atom. The maximum absolute atomic E-state index is 11.6. The van der Waals surface area contributed by atoms with Gasteiger partial charge in [0.1, 0.15) is 16.3 Å². The molecule has 0 aliphatic carbocycles. The van der Waals surface area contributed by atoms with Crippen LogP contribution in [0.4, 0.5) is 0 Å². The molecule has 6 nitrogen and oxygen atoms in total. The zero-order chi connectivity index (χ0) is 16.8. The zero-order valence-electron chi connectivity index (χ0n) is 13.0. The highest BCUT2D eigenvalue weighted by molar-refractivity contribution is 7.99. The number of benzene rings is 1. The molecule has 0 unspecified atom stereocenters. The summed E-state index contributed by atoms with van der Waals surface area (Å²) >= 11 is 1.45. The van der Waals surface area contributed by atoms with Crippen molar-refractivity contribution in [3.05, 3.63) is 35.4 Å². The second-order valence-electron chi connectivity index (χ2n) is 4.88. The Kier molecular flexibility index (Phi) is 5.81. The molecular formula is C16H18N2O4S. The van der Waals surface area contributed by atoms with Gasteiger partial charge in [-0.15, -0.1) is 11.8 Å². The Morgan fingerprint density at radius 2 is 2.00 bits per heavy atom. The van der Waals surface area contributed by atoms with Crippen LogP contribution < -0.4 is 0 Å². The van der Waals surface area contributed by atoms with E-state index in [1.807, 2.05) is 6.92 Å². The molecule has 1 heterocycles. The fourth-order valence-electron chi connectivity index (χ4n) is 2.06. The molecule has 0 saturated carbocycles. The van der Waals surface area contributed by atoms with Gasteiger partial charge in [0.25, 0.3) is 0 Å². The van der Waals surface area contributed by atoms with E-state index >= 15 is 0 Å². The lowest BCUT2D eigenvalue weighted by Crippen LogP contribution is -2.04. The van der Waals surface area contributed by atoms with Gasteiger partial charge in [0.15, 0.2) is 0 Å². The van der Waals surface area contributed by atoms with Crippen LogP contribution in [0.2, 0.25) is 0 Å². The molecule has 0 amide bonds. The van der Waals surface area contributed by atoms with E-state index in [2.05, 4.69) is 14.9 Å². The number of aromatic nitrogens is 2. The summed E-state index contributed by atoms with van der Waals surface area (Å²) in [6.07, 6.45) is 1.13. The van der Waals surface area contributed by atoms with Gasteiger partial charge in [-0.25, -0.2) is 4.79 Å². The standard InChI is InChI=1S/C16H18N2O4S/c1-3-8-23-15-13(16(20)21)14(17-18-15)11-6-4-10(5-7-11)9-12(19)22-2/h4-7H,3,8-9H2,1-2H3,(H,17,18)(H,20,21). The van der Waals surface area contributed by atoms with Gasteiger partial charge in [-0.1, -0.05) is 31.2 Å². The number of methoxy groups -OCH3 is 1. The van der Waals surface area contributed by atoms with Crippen LogP contribution in [-0.2, 0) is 16.0 Å². The number of carboxylic acid groups (broad SMARTS) is 1. The SMILES string of the molecule is CCCSc1[nH]nc(-c2ccc(CC(=O)OC)cc2)c1C(=O)O. The number of H-pyrrole nitrogens is 1. The molecule has 0 aliphatic rings. The highest BCUT2D eigenvalue weighted by Gasteiger charge is 2.21. The van der Waals surface area contributed by atoms with Crippen LogP contribution >= 0.6 is 11.8 Å². The summed E-state index contributed by atoms with van der Waals surface area (Å²) in [6.45, 7) is 2.03. The number of carboxylic acids is 1. The summed E-state index contributed by atoms with van der Waals surface area (Å²) < 4.78 is 4.62. The Morgan fingerprint density at radius 3 is 2.57 bits per heavy atom. The third kappa shape index (κ3) is 4.13. The van der Waals surface area contributed by atoms with Crippen molar-refractivity contribution in [2.24, 2.45) is 0 Å². The third-order valence-electron chi connectivity index (χ3n) is 3.20. The quantitative estimate of drug-likeness (QED) is 0.597. The molecule has 1 aromatic carbocycles. The Hall–Kier alpha value is -2.28. The van der Waals surface area contributed by atoms with Crippen molar-refractivity contribution in [3.63, 3.8) is 0 Å². The monoisotopic (exact) mass is 334 g/mol. The Bertz CT molecular complexity index is 695. The van der Waals surface area contributed by atoms with E-state index in [4.69, 9.17) is 0 Å². The molecule has 23 heavy (non-hydrogen) atoms. The van der Waals surface area contributed by atoms with Crippen LogP contribution in [0.15, 0.2) is 29.3 Å². The average Bonchev–Trinajstić information content (AvgIpc) is 2.97. The molecule has 2 rings (SSSR count). The van der Waals surface area contributed by atoms with E-state index in [0.29, 0.717) is 16.3 Å². The van der Waals surface area contributed by atoms with Crippen LogP contribution in [0.3, 0.4) is 0 Å². The predicted octanol–water partition coefficient (Wildman–Crippen LogP) is 2.99. The van der Waals surface area contributed by atoms with E-state index < -0.39 is 5.97 Å². The molecule has 0 radical (unpaired) electrons. The van der Waals surface area contributed by atoms with Crippen molar-refractivity contribution in [3.8, 4) is 11.3 Å². The van der Waals surface area contributed by atoms with Crippen molar-refractivity contribution in [1.29, 1.82) is 0 Å². The molecule has 0 fully saturated rings. The number of aromatic amines is 1. The zero-order valence-corrected chi connectivity index (χ0v) is 13.8. The van der Waals surface area contributed by atoms with Gasteiger partial charge >= 0.3 is 11.9 Å². The lowest BCUT2D eigenvalue weighted by Gasteiger charge is -2.03. The third-order valence-corrected chi connectivity index (χ3v) is 4.40. The molecular weight excluding hydrogens is 316 g/mol. The Balaban J connectivity index is 2.29. The number of nitrogens with one attached hydrogen (secondary N) is 1. The first-order valence-electron chi connectivity index (χ1n) is 7.17. The van der Waals surface area contributed by atoms with Crippen molar-refractivity contribution >= 4 is 23.7 Å². The van der Waals surface area contributed by atoms with Gasteiger partial charge in [-0.05, 0) is 17.7 Å². The van der Waals surface area contributed by atoms with E-state index in [1.165, 1.54) is 18.9 Å². The molecule has 1 aromatic heterocycles. The van der Waals surface area contributed by atoms with Crippen LogP contribution in [0, 0.1) is 0 Å². The normalized spacial score (nSPS) is 10.5. The number of aromatic carboxylic acids is 1. The number of carbonyl (C=O) groups excluding carboxylic acids is 1. The van der Waals surface area contributed by atoms with Gasteiger partial charge in [-0.2, -0.15) is 5.10 Å². The van der Waals surface area contributed by atoms with Crippen molar-refractivity contribution < 1.29 is 19.4 Å². The number of ether oxygens (including phenoxy) is 1. The minimum atomic E-state index is -1.01. The number of thioether (sulfide) groups is 1. The van der Waals surface area contributed by atoms with Crippen LogP contribution in [-0.4, -0.2) is 40.1 Å². The molecule has 0 spiro atoms. The number of carbonyl (C=O) groups is 2. The van der Waals surface area contributed by atoms with Crippen molar-refractivity contribution in [1.82, 2.24) is 10.2 Å². The van der Waals surface area contributed by atoms with Crippen molar-refractivity contribution in [2.75, 3.05) is 12.9 Å². The number of hydrogen-bond donors (Lipinski definition) is 2. The minimum Gasteiger partial charge on any atom is -0.478 e. The summed E-state index contributed by atoms with van der Waals surface area (Å²) in [7, 11) is 1.34. The molecule has 0 saturated heterocycles. The van der Waals surface area contributed by atoms with E-state index in [1.54, 1.807) is 24.3 Å². The topological polar surface area (TPSA) is 92.3 Å². The number of rotatable bonds is 7. The molecule has 0 bridgehead atoms. The molecule has 122 valence electrons. The average molecular weight is 334 g/mol. The number of nitrogens with zero attached hydrogens (tertiary/aromatic N) is 1. The predicted molar refractivity (Wildman–Crippen MR) is 87.7 cm³/mol. The summed E-state index contributed by atoms with van der Waals surface area (Å²) in [6, 6.07) is 7.06. The van der Waals surface area contributed by atoms with Gasteiger partial charge in [0, 0.05) is 5.56 Å². The van der Waals surface area contributed by atoms with Gasteiger partial charge in [0.2, 0.25) is 0 Å². The van der Waals surface area contributed by atoms with Crippen LogP contribution in [0.5, 0.6) is 0 Å². The molecule has 0 atom stereocenters. The molecule has 0 aliphatic heterocycles. The summed E-state index contributed by atoms with van der Waals surface area (Å²) in [5, 5.41) is 17.0. The first-order chi connectivity index (χ1) is 11.1. The summed E-state index contributed by atoms with van der Waals surface area (Å²) in [4.78, 5) is 22.8. The molecule has 2 aromatic rings. The maximum atomic E-state index is 11.6. The lowest BCUT2D eigenvalue weighted by atomic mass is 10.0. The number of esters is 1. The maximum Gasteiger partial charge on any atom is 0.340 e.